The number of alkyl carbamates (subject to hydrolysis) is 1. The first-order valence-electron chi connectivity index (χ1n) is 7.27. The zero-order chi connectivity index (χ0) is 17.2. The Bertz CT molecular complexity index is 614. The lowest BCUT2D eigenvalue weighted by Gasteiger charge is -2.23. The molecule has 2 N–H and O–H groups in total. The van der Waals surface area contributed by atoms with E-state index in [0.717, 1.165) is 18.9 Å². The predicted octanol–water partition coefficient (Wildman–Crippen LogP) is 3.12. The highest BCUT2D eigenvalue weighted by Crippen LogP contribution is 2.33. The van der Waals surface area contributed by atoms with Gasteiger partial charge in [-0.1, -0.05) is 11.6 Å². The number of anilines is 1. The van der Waals surface area contributed by atoms with Crippen LogP contribution in [0.1, 0.15) is 33.6 Å². The molecular formula is C15H19ClFN3O3. The number of nitrogens with one attached hydrogen (secondary N) is 2. The second kappa shape index (κ2) is 6.70. The van der Waals surface area contributed by atoms with Crippen molar-refractivity contribution < 1.29 is 18.7 Å². The molecule has 1 atom stereocenters. The van der Waals surface area contributed by atoms with E-state index in [-0.39, 0.29) is 16.8 Å². The van der Waals surface area contributed by atoms with Gasteiger partial charge in [0.2, 0.25) is 5.91 Å². The van der Waals surface area contributed by atoms with E-state index in [1.165, 1.54) is 6.20 Å². The van der Waals surface area contributed by atoms with Gasteiger partial charge in [-0.3, -0.25) is 4.79 Å². The third kappa shape index (κ3) is 5.35. The Morgan fingerprint density at radius 2 is 2.09 bits per heavy atom. The average Bonchev–Trinajstić information content (AvgIpc) is 3.21. The second-order valence-electron chi connectivity index (χ2n) is 6.43. The molecule has 0 radical (unpaired) electrons. The fourth-order valence-electron chi connectivity index (χ4n) is 1.96. The largest absolute Gasteiger partial charge is 0.444 e. The van der Waals surface area contributed by atoms with Crippen LogP contribution in [0.25, 0.3) is 0 Å². The van der Waals surface area contributed by atoms with Gasteiger partial charge < -0.3 is 15.4 Å². The maximum Gasteiger partial charge on any atom is 0.408 e. The first-order valence-corrected chi connectivity index (χ1v) is 7.65. The van der Waals surface area contributed by atoms with Crippen molar-refractivity contribution in [1.29, 1.82) is 0 Å². The normalized spacial score (nSPS) is 15.7. The van der Waals surface area contributed by atoms with E-state index in [4.69, 9.17) is 16.3 Å². The van der Waals surface area contributed by atoms with E-state index < -0.39 is 29.5 Å². The van der Waals surface area contributed by atoms with Gasteiger partial charge in [0.05, 0.1) is 5.02 Å². The lowest BCUT2D eigenvalue weighted by Crippen LogP contribution is -2.47. The van der Waals surface area contributed by atoms with Gasteiger partial charge in [0.25, 0.3) is 0 Å². The lowest BCUT2D eigenvalue weighted by molar-refractivity contribution is -0.118. The number of aromatic nitrogens is 1. The van der Waals surface area contributed by atoms with Crippen LogP contribution in [0.2, 0.25) is 5.02 Å². The monoisotopic (exact) mass is 343 g/mol. The summed E-state index contributed by atoms with van der Waals surface area (Å²) in [5, 5.41) is 5.04. The molecule has 0 spiro atoms. The van der Waals surface area contributed by atoms with Gasteiger partial charge in [0.15, 0.2) is 11.6 Å². The minimum atomic E-state index is -0.790. The number of pyridine rings is 1. The van der Waals surface area contributed by atoms with Crippen molar-refractivity contribution in [3.8, 4) is 0 Å². The molecule has 2 amide bonds. The molecule has 1 saturated carbocycles. The first-order chi connectivity index (χ1) is 10.7. The van der Waals surface area contributed by atoms with Crippen molar-refractivity contribution in [2.45, 2.75) is 45.3 Å². The number of hydrogen-bond acceptors (Lipinski definition) is 4. The minimum absolute atomic E-state index is 0.0119. The molecule has 1 heterocycles. The van der Waals surface area contributed by atoms with E-state index in [0.29, 0.717) is 0 Å². The molecule has 1 unspecified atom stereocenters. The van der Waals surface area contributed by atoms with Crippen molar-refractivity contribution in [2.75, 3.05) is 5.32 Å². The number of carbonyl (C=O) groups excluding carboxylic acids is 2. The van der Waals surface area contributed by atoms with E-state index >= 15 is 0 Å². The summed E-state index contributed by atoms with van der Waals surface area (Å²) >= 11 is 5.62. The van der Waals surface area contributed by atoms with E-state index in [2.05, 4.69) is 15.6 Å². The van der Waals surface area contributed by atoms with Crippen molar-refractivity contribution in [3.05, 3.63) is 23.1 Å². The van der Waals surface area contributed by atoms with Crippen LogP contribution in [0.3, 0.4) is 0 Å². The van der Waals surface area contributed by atoms with Crippen LogP contribution in [-0.2, 0) is 9.53 Å². The number of hydrogen-bond donors (Lipinski definition) is 2. The number of halogens is 2. The van der Waals surface area contributed by atoms with Crippen molar-refractivity contribution in [3.63, 3.8) is 0 Å². The maximum absolute atomic E-state index is 13.7. The minimum Gasteiger partial charge on any atom is -0.444 e. The summed E-state index contributed by atoms with van der Waals surface area (Å²) < 4.78 is 18.9. The fourth-order valence-corrected chi connectivity index (χ4v) is 2.11. The Kier molecular flexibility index (Phi) is 5.09. The van der Waals surface area contributed by atoms with Crippen molar-refractivity contribution in [2.24, 2.45) is 5.92 Å². The zero-order valence-corrected chi connectivity index (χ0v) is 13.9. The third-order valence-electron chi connectivity index (χ3n) is 3.10. The van der Waals surface area contributed by atoms with Crippen molar-refractivity contribution >= 4 is 29.4 Å². The summed E-state index contributed by atoms with van der Waals surface area (Å²) in [4.78, 5) is 27.9. The van der Waals surface area contributed by atoms with Crippen LogP contribution >= 0.6 is 11.6 Å². The molecule has 1 aromatic heterocycles. The Balaban J connectivity index is 2.03. The first kappa shape index (κ1) is 17.5. The second-order valence-corrected chi connectivity index (χ2v) is 6.87. The summed E-state index contributed by atoms with van der Waals surface area (Å²) in [6.45, 7) is 5.18. The highest BCUT2D eigenvalue weighted by molar-refractivity contribution is 6.30. The quantitative estimate of drug-likeness (QED) is 0.880. The van der Waals surface area contributed by atoms with Crippen molar-refractivity contribution in [1.82, 2.24) is 10.3 Å². The van der Waals surface area contributed by atoms with E-state index in [9.17, 15) is 14.0 Å². The molecule has 6 nitrogen and oxygen atoms in total. The van der Waals surface area contributed by atoms with Gasteiger partial charge in [0, 0.05) is 6.20 Å². The van der Waals surface area contributed by atoms with E-state index in [1.807, 2.05) is 0 Å². The summed E-state index contributed by atoms with van der Waals surface area (Å²) in [5.41, 5.74) is -0.668. The van der Waals surface area contributed by atoms with Crippen LogP contribution in [0.5, 0.6) is 0 Å². The number of ether oxygens (including phenoxy) is 1. The van der Waals surface area contributed by atoms with E-state index in [1.54, 1.807) is 20.8 Å². The smallest absolute Gasteiger partial charge is 0.408 e. The number of carbonyl (C=O) groups is 2. The molecule has 0 aromatic carbocycles. The summed E-state index contributed by atoms with van der Waals surface area (Å²) in [5.74, 6) is -1.49. The van der Waals surface area contributed by atoms with Crippen LogP contribution in [0, 0.1) is 11.7 Å². The molecular weight excluding hydrogens is 325 g/mol. The highest BCUT2D eigenvalue weighted by Gasteiger charge is 2.38. The molecule has 1 fully saturated rings. The van der Waals surface area contributed by atoms with Gasteiger partial charge in [-0.05, 0) is 45.6 Å². The summed E-state index contributed by atoms with van der Waals surface area (Å²) in [7, 11) is 0. The van der Waals surface area contributed by atoms with Gasteiger partial charge >= 0.3 is 6.09 Å². The van der Waals surface area contributed by atoms with Gasteiger partial charge in [0.1, 0.15) is 11.6 Å². The molecule has 1 aromatic rings. The molecule has 0 bridgehead atoms. The van der Waals surface area contributed by atoms with Gasteiger partial charge in [-0.25, -0.2) is 14.2 Å². The molecule has 8 heteroatoms. The molecule has 2 rings (SSSR count). The number of amides is 2. The summed E-state index contributed by atoms with van der Waals surface area (Å²) in [6.07, 6.45) is 2.16. The Morgan fingerprint density at radius 1 is 1.43 bits per heavy atom. The van der Waals surface area contributed by atoms with Gasteiger partial charge in [-0.2, -0.15) is 0 Å². The molecule has 0 saturated heterocycles. The number of rotatable bonds is 4. The Morgan fingerprint density at radius 3 is 2.61 bits per heavy atom. The molecule has 1 aliphatic carbocycles. The highest BCUT2D eigenvalue weighted by atomic mass is 35.5. The Labute approximate surface area is 138 Å². The van der Waals surface area contributed by atoms with Crippen LogP contribution in [0.15, 0.2) is 12.3 Å². The summed E-state index contributed by atoms with van der Waals surface area (Å²) in [6, 6.07) is 0.263. The standard InChI is InChI=1S/C15H19ClFN3O3/c1-15(2,3)23-14(22)19-11(8-4-5-8)13(21)20-12-10(17)6-9(16)7-18-12/h6-8,11H,4-5H2,1-3H3,(H,19,22)(H,18,20,21). The number of nitrogens with zero attached hydrogens (tertiary/aromatic N) is 1. The van der Waals surface area contributed by atoms with Gasteiger partial charge in [-0.15, -0.1) is 0 Å². The van der Waals surface area contributed by atoms with Crippen LogP contribution in [0.4, 0.5) is 15.0 Å². The molecule has 126 valence electrons. The third-order valence-corrected chi connectivity index (χ3v) is 3.30. The average molecular weight is 344 g/mol. The fraction of sp³-hybridized carbons (Fsp3) is 0.533. The zero-order valence-electron chi connectivity index (χ0n) is 13.2. The lowest BCUT2D eigenvalue weighted by atomic mass is 10.1. The van der Waals surface area contributed by atoms with Crippen LogP contribution < -0.4 is 10.6 Å². The SMILES string of the molecule is CC(C)(C)OC(=O)NC(C(=O)Nc1ncc(Cl)cc1F)C1CC1. The topological polar surface area (TPSA) is 80.3 Å². The Hall–Kier alpha value is -1.89. The molecule has 0 aliphatic heterocycles. The molecule has 23 heavy (non-hydrogen) atoms. The maximum atomic E-state index is 13.7. The van der Waals surface area contributed by atoms with Crippen LogP contribution in [-0.4, -0.2) is 28.6 Å². The predicted molar refractivity (Wildman–Crippen MR) is 83.7 cm³/mol. The molecule has 1 aliphatic rings.